The summed E-state index contributed by atoms with van der Waals surface area (Å²) >= 11 is 0. The maximum absolute atomic E-state index is 13.0. The van der Waals surface area contributed by atoms with E-state index in [1.807, 2.05) is 0 Å². The minimum Gasteiger partial charge on any atom is -0.493 e. The summed E-state index contributed by atoms with van der Waals surface area (Å²) in [6, 6.07) is 7.86. The van der Waals surface area contributed by atoms with Crippen molar-refractivity contribution in [3.63, 3.8) is 0 Å². The Balaban J connectivity index is 2.28. The van der Waals surface area contributed by atoms with Crippen LogP contribution in [0.4, 0.5) is 13.2 Å². The average Bonchev–Trinajstić information content (AvgIpc) is 2.76. The van der Waals surface area contributed by atoms with Gasteiger partial charge < -0.3 is 19.1 Å². The molecule has 0 radical (unpaired) electrons. The van der Waals surface area contributed by atoms with Gasteiger partial charge in [0.15, 0.2) is 11.5 Å². The number of methoxy groups -OCH3 is 3. The van der Waals surface area contributed by atoms with E-state index < -0.39 is 17.8 Å². The van der Waals surface area contributed by atoms with Gasteiger partial charge in [-0.05, 0) is 55.3 Å². The van der Waals surface area contributed by atoms with Crippen LogP contribution < -0.4 is 14.2 Å². The molecule has 2 rings (SSSR count). The predicted molar refractivity (Wildman–Crippen MR) is 112 cm³/mol. The van der Waals surface area contributed by atoms with Crippen molar-refractivity contribution in [2.45, 2.75) is 26.1 Å². The van der Waals surface area contributed by atoms with Gasteiger partial charge in [0.2, 0.25) is 11.7 Å². The highest BCUT2D eigenvalue weighted by Crippen LogP contribution is 2.38. The molecule has 31 heavy (non-hydrogen) atoms. The highest BCUT2D eigenvalue weighted by atomic mass is 19.4. The van der Waals surface area contributed by atoms with E-state index in [1.165, 1.54) is 38.4 Å². The first kappa shape index (κ1) is 24.1. The minimum absolute atomic E-state index is 0.329. The molecule has 2 aromatic carbocycles. The zero-order valence-corrected chi connectivity index (χ0v) is 18.1. The highest BCUT2D eigenvalue weighted by molar-refractivity contribution is 5.92. The third-order valence-electron chi connectivity index (χ3n) is 4.89. The van der Waals surface area contributed by atoms with E-state index in [1.54, 1.807) is 38.1 Å². The fourth-order valence-corrected chi connectivity index (χ4v) is 3.24. The van der Waals surface area contributed by atoms with Gasteiger partial charge in [-0.15, -0.1) is 0 Å². The number of ether oxygens (including phenoxy) is 3. The van der Waals surface area contributed by atoms with Crippen LogP contribution >= 0.6 is 0 Å². The molecule has 0 bridgehead atoms. The number of rotatable bonds is 8. The van der Waals surface area contributed by atoms with Crippen LogP contribution in [0.15, 0.2) is 42.5 Å². The van der Waals surface area contributed by atoms with Gasteiger partial charge in [-0.2, -0.15) is 13.2 Å². The second-order valence-electron chi connectivity index (χ2n) is 6.72. The van der Waals surface area contributed by atoms with Crippen LogP contribution in [0.25, 0.3) is 6.08 Å². The number of hydrogen-bond acceptors (Lipinski definition) is 4. The lowest BCUT2D eigenvalue weighted by atomic mass is 10.0. The molecule has 2 aromatic rings. The molecule has 0 heterocycles. The summed E-state index contributed by atoms with van der Waals surface area (Å²) in [7, 11) is 4.48. The van der Waals surface area contributed by atoms with E-state index >= 15 is 0 Å². The lowest BCUT2D eigenvalue weighted by Gasteiger charge is -2.28. The smallest absolute Gasteiger partial charge is 0.416 e. The van der Waals surface area contributed by atoms with Gasteiger partial charge in [-0.25, -0.2) is 0 Å². The summed E-state index contributed by atoms with van der Waals surface area (Å²) in [5, 5.41) is 0. The highest BCUT2D eigenvalue weighted by Gasteiger charge is 2.31. The molecule has 168 valence electrons. The van der Waals surface area contributed by atoms with Crippen molar-refractivity contribution in [1.82, 2.24) is 4.90 Å². The van der Waals surface area contributed by atoms with Gasteiger partial charge in [0, 0.05) is 12.6 Å². The van der Waals surface area contributed by atoms with Gasteiger partial charge in [0.1, 0.15) is 0 Å². The number of carbonyl (C=O) groups is 1. The van der Waals surface area contributed by atoms with Crippen molar-refractivity contribution in [2.24, 2.45) is 0 Å². The van der Waals surface area contributed by atoms with Crippen LogP contribution in [0.2, 0.25) is 0 Å². The molecule has 0 saturated heterocycles. The van der Waals surface area contributed by atoms with E-state index in [-0.39, 0.29) is 5.91 Å². The first-order valence-electron chi connectivity index (χ1n) is 9.62. The maximum atomic E-state index is 13.0. The molecule has 0 aliphatic heterocycles. The molecule has 1 amide bonds. The maximum Gasteiger partial charge on any atom is 0.416 e. The Morgan fingerprint density at radius 1 is 1.06 bits per heavy atom. The molecule has 0 aliphatic rings. The zero-order valence-electron chi connectivity index (χ0n) is 18.1. The Kier molecular flexibility index (Phi) is 7.96. The quantitative estimate of drug-likeness (QED) is 0.522. The Bertz CT molecular complexity index is 916. The number of amides is 1. The molecular weight excluding hydrogens is 411 g/mol. The number of halogens is 3. The van der Waals surface area contributed by atoms with Crippen molar-refractivity contribution in [1.29, 1.82) is 0 Å². The molecule has 1 unspecified atom stereocenters. The third-order valence-corrected chi connectivity index (χ3v) is 4.89. The van der Waals surface area contributed by atoms with Crippen molar-refractivity contribution in [2.75, 3.05) is 27.9 Å². The molecule has 1 atom stereocenters. The fourth-order valence-electron chi connectivity index (χ4n) is 3.24. The Morgan fingerprint density at radius 2 is 1.68 bits per heavy atom. The zero-order chi connectivity index (χ0) is 23.2. The van der Waals surface area contributed by atoms with Crippen LogP contribution in [0.3, 0.4) is 0 Å². The molecule has 0 saturated carbocycles. The molecule has 0 fully saturated rings. The second-order valence-corrected chi connectivity index (χ2v) is 6.72. The number of likely N-dealkylation sites (N-methyl/N-ethyl adjacent to an activating group) is 1. The standard InChI is InChI=1S/C23H26F3NO4/c1-6-27(15(2)17-8-7-9-18(14-17)23(24,25)26)21(28)11-10-16-12-19(29-3)22(31-5)20(13-16)30-4/h7-15H,6H2,1-5H3/b11-10+. The number of carbonyl (C=O) groups excluding carboxylic acids is 1. The van der Waals surface area contributed by atoms with Gasteiger partial charge in [0.05, 0.1) is 32.9 Å². The van der Waals surface area contributed by atoms with E-state index in [0.717, 1.165) is 12.1 Å². The summed E-state index contributed by atoms with van der Waals surface area (Å²) in [6.07, 6.45) is -1.48. The molecule has 0 N–H and O–H groups in total. The summed E-state index contributed by atoms with van der Waals surface area (Å²) < 4.78 is 55.0. The van der Waals surface area contributed by atoms with E-state index in [0.29, 0.717) is 34.9 Å². The lowest BCUT2D eigenvalue weighted by Crippen LogP contribution is -2.32. The Hall–Kier alpha value is -3.16. The van der Waals surface area contributed by atoms with Gasteiger partial charge in [0.25, 0.3) is 0 Å². The van der Waals surface area contributed by atoms with Crippen molar-refractivity contribution >= 4 is 12.0 Å². The third kappa shape index (κ3) is 5.71. The van der Waals surface area contributed by atoms with Gasteiger partial charge in [-0.1, -0.05) is 12.1 Å². The number of hydrogen-bond donors (Lipinski definition) is 0. The van der Waals surface area contributed by atoms with Crippen LogP contribution in [0.1, 0.15) is 36.6 Å². The van der Waals surface area contributed by atoms with Crippen LogP contribution in [-0.2, 0) is 11.0 Å². The van der Waals surface area contributed by atoms with Gasteiger partial charge >= 0.3 is 6.18 Å². The molecule has 5 nitrogen and oxygen atoms in total. The van der Waals surface area contributed by atoms with E-state index in [2.05, 4.69) is 0 Å². The minimum atomic E-state index is -4.44. The number of benzene rings is 2. The van der Waals surface area contributed by atoms with Crippen LogP contribution in [0.5, 0.6) is 17.2 Å². The number of nitrogens with zero attached hydrogens (tertiary/aromatic N) is 1. The van der Waals surface area contributed by atoms with Crippen molar-refractivity contribution in [3.8, 4) is 17.2 Å². The predicted octanol–water partition coefficient (Wildman–Crippen LogP) is 5.35. The SMILES string of the molecule is CCN(C(=O)/C=C/c1cc(OC)c(OC)c(OC)c1)C(C)c1cccc(C(F)(F)F)c1. The first-order valence-corrected chi connectivity index (χ1v) is 9.62. The molecule has 8 heteroatoms. The molecule has 0 aliphatic carbocycles. The number of alkyl halides is 3. The fraction of sp³-hybridized carbons (Fsp3) is 0.348. The average molecular weight is 437 g/mol. The monoisotopic (exact) mass is 437 g/mol. The normalized spacial score (nSPS) is 12.5. The molecular formula is C23H26F3NO4. The molecule has 0 aromatic heterocycles. The van der Waals surface area contributed by atoms with Crippen LogP contribution in [-0.4, -0.2) is 38.7 Å². The van der Waals surface area contributed by atoms with E-state index in [9.17, 15) is 18.0 Å². The van der Waals surface area contributed by atoms with E-state index in [4.69, 9.17) is 14.2 Å². The summed E-state index contributed by atoms with van der Waals surface area (Å²) in [5.41, 5.74) is 0.310. The van der Waals surface area contributed by atoms with Crippen molar-refractivity contribution in [3.05, 3.63) is 59.2 Å². The first-order chi connectivity index (χ1) is 14.7. The Labute approximate surface area is 180 Å². The van der Waals surface area contributed by atoms with Crippen LogP contribution in [0, 0.1) is 0 Å². The molecule has 0 spiro atoms. The van der Waals surface area contributed by atoms with Crippen molar-refractivity contribution < 1.29 is 32.2 Å². The largest absolute Gasteiger partial charge is 0.493 e. The summed E-state index contributed by atoms with van der Waals surface area (Å²) in [4.78, 5) is 14.3. The summed E-state index contributed by atoms with van der Waals surface area (Å²) in [5.74, 6) is 0.986. The Morgan fingerprint density at radius 3 is 2.16 bits per heavy atom. The topological polar surface area (TPSA) is 48.0 Å². The van der Waals surface area contributed by atoms with Gasteiger partial charge in [-0.3, -0.25) is 4.79 Å². The second kappa shape index (κ2) is 10.2. The summed E-state index contributed by atoms with van der Waals surface area (Å²) in [6.45, 7) is 3.80. The lowest BCUT2D eigenvalue weighted by molar-refractivity contribution is -0.137.